The average molecular weight is 291 g/mol. The van der Waals surface area contributed by atoms with E-state index in [1.54, 1.807) is 24.3 Å². The van der Waals surface area contributed by atoms with Crippen molar-refractivity contribution < 1.29 is 14.3 Å². The van der Waals surface area contributed by atoms with Gasteiger partial charge in [-0.3, -0.25) is 9.59 Å². The molecule has 1 aliphatic rings. The lowest BCUT2D eigenvalue weighted by atomic mass is 10.2. The average Bonchev–Trinajstić information content (AvgIpc) is 2.77. The van der Waals surface area contributed by atoms with Gasteiger partial charge in [-0.05, 0) is 37.2 Å². The largest absolute Gasteiger partial charge is 0.493 e. The molecule has 2 amide bonds. The lowest BCUT2D eigenvalue weighted by Crippen LogP contribution is -2.34. The molecule has 1 aromatic rings. The Hall–Kier alpha value is -2.08. The highest BCUT2D eigenvalue weighted by molar-refractivity contribution is 5.92. The Labute approximate surface area is 124 Å². The minimum absolute atomic E-state index is 0.118. The van der Waals surface area contributed by atoms with Gasteiger partial charge in [0.2, 0.25) is 11.8 Å². The molecule has 0 bridgehead atoms. The summed E-state index contributed by atoms with van der Waals surface area (Å²) in [6.07, 6.45) is 1.35. The lowest BCUT2D eigenvalue weighted by Gasteiger charge is -2.19. The molecule has 0 aromatic heterocycles. The molecule has 0 radical (unpaired) electrons. The monoisotopic (exact) mass is 291 g/mol. The van der Waals surface area contributed by atoms with E-state index in [1.165, 1.54) is 0 Å². The van der Waals surface area contributed by atoms with Crippen molar-refractivity contribution in [3.8, 4) is 5.75 Å². The number of nitrogens with zero attached hydrogens (tertiary/aromatic N) is 1. The van der Waals surface area contributed by atoms with Gasteiger partial charge in [-0.15, -0.1) is 0 Å². The zero-order valence-electron chi connectivity index (χ0n) is 12.0. The summed E-state index contributed by atoms with van der Waals surface area (Å²) in [5.41, 5.74) is 5.60. The van der Waals surface area contributed by atoms with Gasteiger partial charge in [-0.2, -0.15) is 0 Å². The fourth-order valence-corrected chi connectivity index (χ4v) is 2.22. The molecule has 1 heterocycles. The highest BCUT2D eigenvalue weighted by atomic mass is 16.5. The number of amides is 2. The molecular formula is C15H21N3O3. The van der Waals surface area contributed by atoms with Crippen LogP contribution in [0.4, 0.5) is 0 Å². The van der Waals surface area contributed by atoms with Crippen LogP contribution in [0, 0.1) is 0 Å². The normalized spacial score (nSPS) is 15.3. The Balaban J connectivity index is 1.75. The predicted molar refractivity (Wildman–Crippen MR) is 79.1 cm³/mol. The molecule has 114 valence electrons. The molecule has 21 heavy (non-hydrogen) atoms. The maximum atomic E-state index is 12.0. The summed E-state index contributed by atoms with van der Waals surface area (Å²) in [6.45, 7) is 3.71. The molecule has 6 nitrogen and oxygen atoms in total. The first-order chi connectivity index (χ1) is 10.2. The van der Waals surface area contributed by atoms with Crippen LogP contribution in [-0.4, -0.2) is 49.5 Å². The SMILES string of the molecule is NC(=O)c1ccc(OCCC(=O)N2CCCNCC2)cc1. The number of nitrogens with one attached hydrogen (secondary N) is 1. The first-order valence-corrected chi connectivity index (χ1v) is 7.18. The fraction of sp³-hybridized carbons (Fsp3) is 0.467. The van der Waals surface area contributed by atoms with Gasteiger partial charge in [0.1, 0.15) is 5.75 Å². The Morgan fingerprint density at radius 2 is 1.95 bits per heavy atom. The first kappa shape index (κ1) is 15.3. The second-order valence-corrected chi connectivity index (χ2v) is 4.97. The van der Waals surface area contributed by atoms with E-state index >= 15 is 0 Å². The second-order valence-electron chi connectivity index (χ2n) is 4.97. The standard InChI is InChI=1S/C15H21N3O3/c16-15(20)12-2-4-13(5-3-12)21-11-6-14(19)18-9-1-7-17-8-10-18/h2-5,17H,1,6-11H2,(H2,16,20). The number of hydrogen-bond acceptors (Lipinski definition) is 4. The van der Waals surface area contributed by atoms with Gasteiger partial charge in [-0.1, -0.05) is 0 Å². The Kier molecular flexibility index (Phi) is 5.57. The van der Waals surface area contributed by atoms with E-state index in [2.05, 4.69) is 5.32 Å². The van der Waals surface area contributed by atoms with Crippen molar-refractivity contribution in [3.63, 3.8) is 0 Å². The number of ether oxygens (including phenoxy) is 1. The van der Waals surface area contributed by atoms with Gasteiger partial charge in [-0.25, -0.2) is 0 Å². The number of rotatable bonds is 5. The highest BCUT2D eigenvalue weighted by Gasteiger charge is 2.14. The number of hydrogen-bond donors (Lipinski definition) is 2. The molecule has 3 N–H and O–H groups in total. The summed E-state index contributed by atoms with van der Waals surface area (Å²) in [5, 5.41) is 3.27. The number of carbonyl (C=O) groups is 2. The predicted octanol–water partition coefficient (Wildman–Crippen LogP) is 0.376. The summed E-state index contributed by atoms with van der Waals surface area (Å²) >= 11 is 0. The Morgan fingerprint density at radius 3 is 2.67 bits per heavy atom. The summed E-state index contributed by atoms with van der Waals surface area (Å²) in [7, 11) is 0. The van der Waals surface area contributed by atoms with Crippen LogP contribution in [0.5, 0.6) is 5.75 Å². The van der Waals surface area contributed by atoms with Crippen LogP contribution in [0.1, 0.15) is 23.2 Å². The molecule has 6 heteroatoms. The van der Waals surface area contributed by atoms with Gasteiger partial charge in [0.05, 0.1) is 13.0 Å². The number of carbonyl (C=O) groups excluding carboxylic acids is 2. The highest BCUT2D eigenvalue weighted by Crippen LogP contribution is 2.12. The van der Waals surface area contributed by atoms with Crippen LogP contribution in [0.15, 0.2) is 24.3 Å². The van der Waals surface area contributed by atoms with E-state index in [0.29, 0.717) is 24.3 Å². The van der Waals surface area contributed by atoms with E-state index in [4.69, 9.17) is 10.5 Å². The van der Waals surface area contributed by atoms with Gasteiger partial charge in [0.25, 0.3) is 0 Å². The zero-order valence-corrected chi connectivity index (χ0v) is 12.0. The van der Waals surface area contributed by atoms with E-state index in [1.807, 2.05) is 4.90 Å². The third kappa shape index (κ3) is 4.75. The molecule has 0 atom stereocenters. The van der Waals surface area contributed by atoms with E-state index in [-0.39, 0.29) is 5.91 Å². The van der Waals surface area contributed by atoms with E-state index < -0.39 is 5.91 Å². The molecule has 1 fully saturated rings. The zero-order chi connectivity index (χ0) is 15.1. The van der Waals surface area contributed by atoms with Gasteiger partial charge < -0.3 is 20.7 Å². The third-order valence-electron chi connectivity index (χ3n) is 3.42. The molecule has 1 aromatic carbocycles. The quantitative estimate of drug-likeness (QED) is 0.821. The molecule has 0 saturated carbocycles. The molecular weight excluding hydrogens is 270 g/mol. The van der Waals surface area contributed by atoms with Crippen molar-refractivity contribution in [2.45, 2.75) is 12.8 Å². The van der Waals surface area contributed by atoms with Crippen LogP contribution in [0.3, 0.4) is 0 Å². The number of benzene rings is 1. The molecule has 0 spiro atoms. The third-order valence-corrected chi connectivity index (χ3v) is 3.42. The Morgan fingerprint density at radius 1 is 1.19 bits per heavy atom. The van der Waals surface area contributed by atoms with Crippen LogP contribution >= 0.6 is 0 Å². The van der Waals surface area contributed by atoms with Crippen molar-refractivity contribution in [1.82, 2.24) is 10.2 Å². The van der Waals surface area contributed by atoms with Crippen molar-refractivity contribution >= 4 is 11.8 Å². The summed E-state index contributed by atoms with van der Waals surface area (Å²) < 4.78 is 5.52. The van der Waals surface area contributed by atoms with E-state index in [9.17, 15) is 9.59 Å². The topological polar surface area (TPSA) is 84.7 Å². The van der Waals surface area contributed by atoms with Crippen molar-refractivity contribution in [1.29, 1.82) is 0 Å². The summed E-state index contributed by atoms with van der Waals surface area (Å²) in [6, 6.07) is 6.58. The molecule has 2 rings (SSSR count). The fourth-order valence-electron chi connectivity index (χ4n) is 2.22. The number of primary amides is 1. The first-order valence-electron chi connectivity index (χ1n) is 7.18. The van der Waals surface area contributed by atoms with Crippen LogP contribution < -0.4 is 15.8 Å². The lowest BCUT2D eigenvalue weighted by molar-refractivity contribution is -0.131. The molecule has 1 saturated heterocycles. The van der Waals surface area contributed by atoms with E-state index in [0.717, 1.165) is 32.6 Å². The van der Waals surface area contributed by atoms with Crippen LogP contribution in [0.2, 0.25) is 0 Å². The maximum absolute atomic E-state index is 12.0. The molecule has 0 aliphatic carbocycles. The maximum Gasteiger partial charge on any atom is 0.248 e. The van der Waals surface area contributed by atoms with Crippen LogP contribution in [-0.2, 0) is 4.79 Å². The van der Waals surface area contributed by atoms with Crippen LogP contribution in [0.25, 0.3) is 0 Å². The second kappa shape index (κ2) is 7.64. The van der Waals surface area contributed by atoms with Crippen molar-refractivity contribution in [3.05, 3.63) is 29.8 Å². The summed E-state index contributed by atoms with van der Waals surface area (Å²) in [4.78, 5) is 24.9. The van der Waals surface area contributed by atoms with Crippen molar-refractivity contribution in [2.24, 2.45) is 5.73 Å². The minimum atomic E-state index is -0.466. The summed E-state index contributed by atoms with van der Waals surface area (Å²) in [5.74, 6) is 0.282. The number of nitrogens with two attached hydrogens (primary N) is 1. The molecule has 0 unspecified atom stereocenters. The molecule has 1 aliphatic heterocycles. The van der Waals surface area contributed by atoms with Crippen molar-refractivity contribution in [2.75, 3.05) is 32.8 Å². The van der Waals surface area contributed by atoms with Gasteiger partial charge in [0.15, 0.2) is 0 Å². The Bertz CT molecular complexity index is 479. The van der Waals surface area contributed by atoms with Gasteiger partial charge >= 0.3 is 0 Å². The minimum Gasteiger partial charge on any atom is -0.493 e. The van der Waals surface area contributed by atoms with Gasteiger partial charge in [0, 0.05) is 25.2 Å². The smallest absolute Gasteiger partial charge is 0.248 e.